The standard InChI is InChI=1S/C24H29FN10O2/c1-24(20(36)27-16-5-6-18(25)26-14-16)7-2-8-35(24)23-30-21(28-19-13-17(32-33-19)15-3-4-15)29-22(31-23)34-9-11-37-12-10-34/h5-6,13-15H,2-4,7-12H2,1H3,(H,27,36)(H2,28,29,30,31,32,33). The van der Waals surface area contributed by atoms with Crippen LogP contribution in [0, 0.1) is 5.95 Å². The minimum atomic E-state index is -0.916. The minimum absolute atomic E-state index is 0.234. The number of hydrogen-bond acceptors (Lipinski definition) is 10. The van der Waals surface area contributed by atoms with Crippen LogP contribution in [0.4, 0.5) is 33.7 Å². The van der Waals surface area contributed by atoms with Crippen molar-refractivity contribution in [3.8, 4) is 0 Å². The van der Waals surface area contributed by atoms with Gasteiger partial charge in [0.1, 0.15) is 5.54 Å². The number of carbonyl (C=O) groups excluding carboxylic acids is 1. The highest BCUT2D eigenvalue weighted by Crippen LogP contribution is 2.40. The summed E-state index contributed by atoms with van der Waals surface area (Å²) in [5.74, 6) is 1.63. The molecule has 1 amide bonds. The molecule has 3 aromatic heterocycles. The Morgan fingerprint density at radius 2 is 1.97 bits per heavy atom. The number of amides is 1. The molecular formula is C24H29FN10O2. The van der Waals surface area contributed by atoms with Crippen molar-refractivity contribution in [3.63, 3.8) is 0 Å². The van der Waals surface area contributed by atoms with Crippen LogP contribution >= 0.6 is 0 Å². The van der Waals surface area contributed by atoms with E-state index in [4.69, 9.17) is 14.7 Å². The molecule has 2 saturated heterocycles. The fourth-order valence-corrected chi connectivity index (χ4v) is 4.79. The Morgan fingerprint density at radius 1 is 1.16 bits per heavy atom. The molecule has 1 saturated carbocycles. The van der Waals surface area contributed by atoms with Crippen LogP contribution < -0.4 is 20.4 Å². The Kier molecular flexibility index (Phi) is 6.07. The zero-order chi connectivity index (χ0) is 25.4. The van der Waals surface area contributed by atoms with Crippen LogP contribution in [0.25, 0.3) is 0 Å². The number of ether oxygens (including phenoxy) is 1. The number of carbonyl (C=O) groups is 1. The predicted octanol–water partition coefficient (Wildman–Crippen LogP) is 2.58. The van der Waals surface area contributed by atoms with E-state index < -0.39 is 11.5 Å². The summed E-state index contributed by atoms with van der Waals surface area (Å²) >= 11 is 0. The van der Waals surface area contributed by atoms with Gasteiger partial charge in [0.2, 0.25) is 29.7 Å². The summed E-state index contributed by atoms with van der Waals surface area (Å²) in [5, 5.41) is 13.5. The van der Waals surface area contributed by atoms with E-state index in [1.807, 2.05) is 17.9 Å². The monoisotopic (exact) mass is 508 g/mol. The maximum Gasteiger partial charge on any atom is 0.250 e. The van der Waals surface area contributed by atoms with Gasteiger partial charge >= 0.3 is 0 Å². The Balaban J connectivity index is 1.30. The van der Waals surface area contributed by atoms with Crippen molar-refractivity contribution in [1.29, 1.82) is 0 Å². The van der Waals surface area contributed by atoms with Gasteiger partial charge in [0.15, 0.2) is 5.82 Å². The maximum absolute atomic E-state index is 13.4. The quantitative estimate of drug-likeness (QED) is 0.408. The number of rotatable bonds is 7. The second kappa shape index (κ2) is 9.54. The largest absolute Gasteiger partial charge is 0.378 e. The van der Waals surface area contributed by atoms with E-state index >= 15 is 0 Å². The molecular weight excluding hydrogens is 479 g/mol. The van der Waals surface area contributed by atoms with Gasteiger partial charge in [0, 0.05) is 37.3 Å². The Hall–Kier alpha value is -3.87. The molecule has 3 aliphatic rings. The number of hydrogen-bond donors (Lipinski definition) is 3. The zero-order valence-electron chi connectivity index (χ0n) is 20.6. The minimum Gasteiger partial charge on any atom is -0.378 e. The lowest BCUT2D eigenvalue weighted by atomic mass is 9.97. The van der Waals surface area contributed by atoms with Gasteiger partial charge in [-0.05, 0) is 44.7 Å². The first kappa shape index (κ1) is 23.5. The Bertz CT molecular complexity index is 1270. The molecule has 12 nitrogen and oxygen atoms in total. The topological polar surface area (TPSA) is 137 Å². The summed E-state index contributed by atoms with van der Waals surface area (Å²) in [6.45, 7) is 4.96. The molecule has 0 radical (unpaired) electrons. The van der Waals surface area contributed by atoms with E-state index in [1.165, 1.54) is 31.2 Å². The van der Waals surface area contributed by atoms with Gasteiger partial charge in [-0.25, -0.2) is 4.98 Å². The number of H-pyrrole nitrogens is 1. The van der Waals surface area contributed by atoms with Crippen molar-refractivity contribution in [2.45, 2.75) is 44.1 Å². The van der Waals surface area contributed by atoms with Crippen molar-refractivity contribution >= 4 is 35.3 Å². The van der Waals surface area contributed by atoms with Crippen LogP contribution in [0.5, 0.6) is 0 Å². The van der Waals surface area contributed by atoms with Gasteiger partial charge in [-0.2, -0.15) is 24.4 Å². The molecule has 2 aliphatic heterocycles. The number of halogens is 1. The first-order valence-corrected chi connectivity index (χ1v) is 12.6. The molecule has 194 valence electrons. The van der Waals surface area contributed by atoms with Gasteiger partial charge < -0.3 is 25.2 Å². The average molecular weight is 509 g/mol. The summed E-state index contributed by atoms with van der Waals surface area (Å²) in [7, 11) is 0. The van der Waals surface area contributed by atoms with Crippen LogP contribution in [0.2, 0.25) is 0 Å². The van der Waals surface area contributed by atoms with Gasteiger partial charge in [-0.3, -0.25) is 9.89 Å². The van der Waals surface area contributed by atoms with E-state index in [0.29, 0.717) is 74.5 Å². The molecule has 13 heteroatoms. The van der Waals surface area contributed by atoms with Crippen molar-refractivity contribution in [3.05, 3.63) is 36.0 Å². The van der Waals surface area contributed by atoms with Crippen molar-refractivity contribution in [2.75, 3.05) is 53.3 Å². The van der Waals surface area contributed by atoms with E-state index in [9.17, 15) is 9.18 Å². The van der Waals surface area contributed by atoms with Gasteiger partial charge in [0.05, 0.1) is 25.1 Å². The number of nitrogens with zero attached hydrogens (tertiary/aromatic N) is 7. The molecule has 0 spiro atoms. The van der Waals surface area contributed by atoms with Crippen molar-refractivity contribution in [2.24, 2.45) is 0 Å². The Morgan fingerprint density at radius 3 is 2.73 bits per heavy atom. The predicted molar refractivity (Wildman–Crippen MR) is 135 cm³/mol. The number of nitrogens with one attached hydrogen (secondary N) is 3. The van der Waals surface area contributed by atoms with Crippen LogP contribution in [0.3, 0.4) is 0 Å². The summed E-state index contributed by atoms with van der Waals surface area (Å²) in [6.07, 6.45) is 5.04. The smallest absolute Gasteiger partial charge is 0.250 e. The zero-order valence-corrected chi connectivity index (χ0v) is 20.6. The first-order valence-electron chi connectivity index (χ1n) is 12.6. The lowest BCUT2D eigenvalue weighted by molar-refractivity contribution is -0.120. The lowest BCUT2D eigenvalue weighted by Crippen LogP contribution is -2.52. The molecule has 5 heterocycles. The highest BCUT2D eigenvalue weighted by molar-refractivity contribution is 6.00. The molecule has 1 atom stereocenters. The lowest BCUT2D eigenvalue weighted by Gasteiger charge is -2.34. The van der Waals surface area contributed by atoms with Crippen molar-refractivity contribution < 1.29 is 13.9 Å². The highest BCUT2D eigenvalue weighted by atomic mass is 19.1. The molecule has 3 fully saturated rings. The van der Waals surface area contributed by atoms with E-state index in [0.717, 1.165) is 12.1 Å². The van der Waals surface area contributed by atoms with Gasteiger partial charge in [-0.1, -0.05) is 0 Å². The molecule has 0 bridgehead atoms. The third-order valence-electron chi connectivity index (χ3n) is 7.12. The number of pyridine rings is 1. The van der Waals surface area contributed by atoms with Gasteiger partial charge in [0.25, 0.3) is 0 Å². The fourth-order valence-electron chi connectivity index (χ4n) is 4.79. The number of morpholine rings is 1. The molecule has 1 aliphatic carbocycles. The summed E-state index contributed by atoms with van der Waals surface area (Å²) in [6, 6.07) is 4.69. The van der Waals surface area contributed by atoms with E-state index in [1.54, 1.807) is 0 Å². The normalized spacial score (nSPS) is 21.8. The molecule has 0 aromatic carbocycles. The van der Waals surface area contributed by atoms with Crippen LogP contribution in [-0.2, 0) is 9.53 Å². The molecule has 6 rings (SSSR count). The molecule has 1 unspecified atom stereocenters. The molecule has 37 heavy (non-hydrogen) atoms. The summed E-state index contributed by atoms with van der Waals surface area (Å²) < 4.78 is 18.7. The van der Waals surface area contributed by atoms with E-state index in [2.05, 4.69) is 35.7 Å². The second-order valence-electron chi connectivity index (χ2n) is 9.82. The third-order valence-corrected chi connectivity index (χ3v) is 7.12. The number of aromatic nitrogens is 6. The summed E-state index contributed by atoms with van der Waals surface area (Å²) in [4.78, 5) is 35.2. The second-order valence-corrected chi connectivity index (χ2v) is 9.82. The van der Waals surface area contributed by atoms with Gasteiger partial charge in [-0.15, -0.1) is 0 Å². The first-order chi connectivity index (χ1) is 18.0. The Labute approximate surface area is 213 Å². The van der Waals surface area contributed by atoms with Crippen molar-refractivity contribution in [1.82, 2.24) is 30.1 Å². The fraction of sp³-hybridized carbons (Fsp3) is 0.500. The molecule has 3 N–H and O–H groups in total. The highest BCUT2D eigenvalue weighted by Gasteiger charge is 2.45. The van der Waals surface area contributed by atoms with Crippen LogP contribution in [0.15, 0.2) is 24.4 Å². The summed E-state index contributed by atoms with van der Waals surface area (Å²) in [5.41, 5.74) is 0.613. The van der Waals surface area contributed by atoms with Crippen LogP contribution in [0.1, 0.15) is 44.2 Å². The maximum atomic E-state index is 13.4. The number of aromatic amines is 1. The molecule has 3 aromatic rings. The third kappa shape index (κ3) is 4.90. The average Bonchev–Trinajstić information content (AvgIpc) is 3.53. The van der Waals surface area contributed by atoms with E-state index in [-0.39, 0.29) is 5.91 Å². The SMILES string of the molecule is CC1(C(=O)Nc2ccc(F)nc2)CCCN1c1nc(Nc2cc(C3CC3)[nH]n2)nc(N2CCOCC2)n1. The van der Waals surface area contributed by atoms with Crippen LogP contribution in [-0.4, -0.2) is 74.4 Å². The number of anilines is 5.